The number of amides is 1. The summed E-state index contributed by atoms with van der Waals surface area (Å²) in [6, 6.07) is 0. The fraction of sp³-hybridized carbons (Fsp3) is 0.917. The van der Waals surface area contributed by atoms with Gasteiger partial charge in [0, 0.05) is 19.5 Å². The fourth-order valence-electron chi connectivity index (χ4n) is 2.69. The molecular weight excluding hydrogens is 334 g/mol. The van der Waals surface area contributed by atoms with Crippen molar-refractivity contribution in [1.29, 1.82) is 0 Å². The van der Waals surface area contributed by atoms with Gasteiger partial charge in [-0.15, -0.1) is 0 Å². The third kappa shape index (κ3) is 2.07. The number of hydrogen-bond acceptors (Lipinski definition) is 1. The number of nitrogens with zero attached hydrogens (tertiary/aromatic N) is 1. The molecule has 2 rings (SSSR count). The van der Waals surface area contributed by atoms with Gasteiger partial charge in [0.2, 0.25) is 5.91 Å². The summed E-state index contributed by atoms with van der Waals surface area (Å²) >= 11 is 7.40. The van der Waals surface area contributed by atoms with E-state index in [0.717, 1.165) is 19.5 Å². The molecule has 2 nitrogen and oxygen atoms in total. The Labute approximate surface area is 114 Å². The summed E-state index contributed by atoms with van der Waals surface area (Å²) in [5.74, 6) is 0.905. The summed E-state index contributed by atoms with van der Waals surface area (Å²) in [5.41, 5.74) is 0.262. The first-order valence-corrected chi connectivity index (χ1v) is 7.61. The number of carbonyl (C=O) groups is 1. The Hall–Kier alpha value is 0.430. The zero-order chi connectivity index (χ0) is 12.0. The second kappa shape index (κ2) is 4.27. The standard InChI is InChI=1S/C12H19Br2NO/c1-11(2)9(12(11,13)14)5-6-10(16)15-7-3-4-8-15/h9H,3-8H2,1-2H3. The number of halogens is 2. The maximum atomic E-state index is 11.9. The Kier molecular flexibility index (Phi) is 3.44. The second-order valence-corrected chi connectivity index (χ2v) is 9.09. The average molecular weight is 353 g/mol. The van der Waals surface area contributed by atoms with Crippen LogP contribution in [0.4, 0.5) is 0 Å². The summed E-state index contributed by atoms with van der Waals surface area (Å²) < 4.78 is 0.0539. The maximum Gasteiger partial charge on any atom is 0.222 e. The predicted molar refractivity (Wildman–Crippen MR) is 72.9 cm³/mol. The van der Waals surface area contributed by atoms with Gasteiger partial charge in [-0.25, -0.2) is 0 Å². The minimum Gasteiger partial charge on any atom is -0.343 e. The number of alkyl halides is 2. The molecular formula is C12H19Br2NO. The van der Waals surface area contributed by atoms with Gasteiger partial charge in [0.15, 0.2) is 0 Å². The van der Waals surface area contributed by atoms with E-state index < -0.39 is 0 Å². The van der Waals surface area contributed by atoms with Crippen molar-refractivity contribution in [2.24, 2.45) is 11.3 Å². The summed E-state index contributed by atoms with van der Waals surface area (Å²) in [7, 11) is 0. The van der Waals surface area contributed by atoms with Crippen LogP contribution in [0.3, 0.4) is 0 Å². The van der Waals surface area contributed by atoms with Gasteiger partial charge in [-0.2, -0.15) is 0 Å². The average Bonchev–Trinajstić information content (AvgIpc) is 2.66. The number of likely N-dealkylation sites (tertiary alicyclic amines) is 1. The monoisotopic (exact) mass is 351 g/mol. The zero-order valence-corrected chi connectivity index (χ0v) is 13.1. The normalized spacial score (nSPS) is 30.5. The van der Waals surface area contributed by atoms with E-state index in [9.17, 15) is 4.79 Å². The minimum absolute atomic E-state index is 0.0539. The topological polar surface area (TPSA) is 20.3 Å². The quantitative estimate of drug-likeness (QED) is 0.711. The van der Waals surface area contributed by atoms with Gasteiger partial charge >= 0.3 is 0 Å². The van der Waals surface area contributed by atoms with Crippen LogP contribution in [0, 0.1) is 11.3 Å². The molecule has 92 valence electrons. The molecule has 0 aromatic heterocycles. The van der Waals surface area contributed by atoms with Gasteiger partial charge < -0.3 is 4.90 Å². The SMILES string of the molecule is CC1(C)C(CCC(=O)N2CCCC2)C1(Br)Br. The molecule has 1 aliphatic heterocycles. The highest BCUT2D eigenvalue weighted by Gasteiger charge is 2.67. The summed E-state index contributed by atoms with van der Waals surface area (Å²) in [6.07, 6.45) is 4.05. The molecule has 4 heteroatoms. The molecule has 16 heavy (non-hydrogen) atoms. The van der Waals surface area contributed by atoms with Crippen LogP contribution in [0.15, 0.2) is 0 Å². The van der Waals surface area contributed by atoms with Crippen molar-refractivity contribution in [1.82, 2.24) is 4.90 Å². The van der Waals surface area contributed by atoms with E-state index in [1.165, 1.54) is 12.8 Å². The van der Waals surface area contributed by atoms with Crippen molar-refractivity contribution >= 4 is 37.8 Å². The lowest BCUT2D eigenvalue weighted by molar-refractivity contribution is -0.130. The van der Waals surface area contributed by atoms with Gasteiger partial charge in [-0.05, 0) is 30.6 Å². The Bertz CT molecular complexity index is 281. The molecule has 1 saturated carbocycles. The third-order valence-electron chi connectivity index (χ3n) is 4.19. The van der Waals surface area contributed by atoms with Crippen LogP contribution >= 0.6 is 31.9 Å². The highest BCUT2D eigenvalue weighted by molar-refractivity contribution is 9.25. The molecule has 0 bridgehead atoms. The number of carbonyl (C=O) groups excluding carboxylic acids is 1. The molecule has 0 aromatic carbocycles. The van der Waals surface area contributed by atoms with Crippen LogP contribution in [-0.2, 0) is 4.79 Å². The first kappa shape index (κ1) is 12.9. The Morgan fingerprint density at radius 3 is 2.25 bits per heavy atom. The van der Waals surface area contributed by atoms with Crippen LogP contribution in [0.1, 0.15) is 39.5 Å². The molecule has 2 fully saturated rings. The Morgan fingerprint density at radius 2 is 1.81 bits per heavy atom. The van der Waals surface area contributed by atoms with E-state index in [2.05, 4.69) is 45.7 Å². The van der Waals surface area contributed by atoms with Crippen LogP contribution in [0.2, 0.25) is 0 Å². The van der Waals surface area contributed by atoms with E-state index >= 15 is 0 Å². The van der Waals surface area contributed by atoms with Crippen molar-refractivity contribution in [3.63, 3.8) is 0 Å². The Balaban J connectivity index is 1.79. The molecule has 1 atom stereocenters. The van der Waals surface area contributed by atoms with Gasteiger partial charge in [0.05, 0.1) is 3.23 Å². The van der Waals surface area contributed by atoms with Crippen molar-refractivity contribution in [2.45, 2.75) is 42.8 Å². The van der Waals surface area contributed by atoms with E-state index in [1.54, 1.807) is 0 Å². The summed E-state index contributed by atoms with van der Waals surface area (Å²) in [5, 5.41) is 0. The lowest BCUT2D eigenvalue weighted by Crippen LogP contribution is -2.27. The molecule has 0 radical (unpaired) electrons. The fourth-order valence-corrected chi connectivity index (χ4v) is 4.62. The molecule has 1 amide bonds. The third-order valence-corrected chi connectivity index (χ3v) is 7.34. The van der Waals surface area contributed by atoms with Gasteiger partial charge in [-0.3, -0.25) is 4.79 Å². The molecule has 1 saturated heterocycles. The molecule has 0 aromatic rings. The van der Waals surface area contributed by atoms with Gasteiger partial charge in [-0.1, -0.05) is 45.7 Å². The highest BCUT2D eigenvalue weighted by Crippen LogP contribution is 2.72. The van der Waals surface area contributed by atoms with Crippen LogP contribution in [0.25, 0.3) is 0 Å². The molecule has 1 heterocycles. The van der Waals surface area contributed by atoms with Crippen molar-refractivity contribution < 1.29 is 4.79 Å². The van der Waals surface area contributed by atoms with E-state index in [4.69, 9.17) is 0 Å². The van der Waals surface area contributed by atoms with Crippen LogP contribution in [0.5, 0.6) is 0 Å². The van der Waals surface area contributed by atoms with E-state index in [-0.39, 0.29) is 8.65 Å². The molecule has 2 aliphatic rings. The smallest absolute Gasteiger partial charge is 0.222 e. The van der Waals surface area contributed by atoms with Gasteiger partial charge in [0.25, 0.3) is 0 Å². The van der Waals surface area contributed by atoms with Crippen molar-refractivity contribution in [3.05, 3.63) is 0 Å². The van der Waals surface area contributed by atoms with E-state index in [0.29, 0.717) is 18.2 Å². The van der Waals surface area contributed by atoms with Crippen LogP contribution in [-0.4, -0.2) is 27.1 Å². The predicted octanol–water partition coefficient (Wildman–Crippen LogP) is 3.53. The summed E-state index contributed by atoms with van der Waals surface area (Å²) in [4.78, 5) is 13.9. The number of rotatable bonds is 3. The highest BCUT2D eigenvalue weighted by atomic mass is 79.9. The minimum atomic E-state index is 0.0539. The molecule has 1 aliphatic carbocycles. The summed E-state index contributed by atoms with van der Waals surface area (Å²) in [6.45, 7) is 6.42. The molecule has 0 N–H and O–H groups in total. The van der Waals surface area contributed by atoms with E-state index in [1.807, 2.05) is 4.90 Å². The maximum absolute atomic E-state index is 11.9. The first-order valence-electron chi connectivity index (χ1n) is 6.03. The lowest BCUT2D eigenvalue weighted by atomic mass is 10.1. The second-order valence-electron chi connectivity index (χ2n) is 5.52. The Morgan fingerprint density at radius 1 is 1.31 bits per heavy atom. The van der Waals surface area contributed by atoms with Crippen molar-refractivity contribution in [2.75, 3.05) is 13.1 Å². The van der Waals surface area contributed by atoms with Gasteiger partial charge in [0.1, 0.15) is 0 Å². The molecule has 0 spiro atoms. The molecule has 1 unspecified atom stereocenters. The zero-order valence-electron chi connectivity index (χ0n) is 9.93. The van der Waals surface area contributed by atoms with Crippen LogP contribution < -0.4 is 0 Å². The first-order chi connectivity index (χ1) is 7.37. The lowest BCUT2D eigenvalue weighted by Gasteiger charge is -2.15. The van der Waals surface area contributed by atoms with Crippen molar-refractivity contribution in [3.8, 4) is 0 Å². The largest absolute Gasteiger partial charge is 0.343 e. The number of hydrogen-bond donors (Lipinski definition) is 0.